The fourth-order valence-electron chi connectivity index (χ4n) is 2.46. The van der Waals surface area contributed by atoms with Crippen LogP contribution >= 0.6 is 11.8 Å². The Morgan fingerprint density at radius 3 is 2.94 bits per heavy atom. The van der Waals surface area contributed by atoms with E-state index >= 15 is 0 Å². The molecule has 2 rings (SSSR count). The molecule has 1 aromatic carbocycles. The van der Waals surface area contributed by atoms with Crippen molar-refractivity contribution in [2.75, 3.05) is 12.3 Å². The first-order valence-corrected chi connectivity index (χ1v) is 7.89. The van der Waals surface area contributed by atoms with E-state index in [1.54, 1.807) is 0 Å². The number of thioether (sulfide) groups is 1. The predicted octanol–water partition coefficient (Wildman–Crippen LogP) is 2.97. The van der Waals surface area contributed by atoms with E-state index in [0.717, 1.165) is 17.9 Å². The molecular formula is C15H23NOS. The van der Waals surface area contributed by atoms with E-state index in [2.05, 4.69) is 43.4 Å². The number of hydrogen-bond acceptors (Lipinski definition) is 3. The highest BCUT2D eigenvalue weighted by atomic mass is 32.2. The van der Waals surface area contributed by atoms with Gasteiger partial charge >= 0.3 is 0 Å². The second-order valence-corrected chi connectivity index (χ2v) is 6.49. The van der Waals surface area contributed by atoms with Gasteiger partial charge in [0.2, 0.25) is 0 Å². The van der Waals surface area contributed by atoms with Crippen molar-refractivity contribution in [3.8, 4) is 0 Å². The highest BCUT2D eigenvalue weighted by Gasteiger charge is 2.20. The molecule has 0 fully saturated rings. The Labute approximate surface area is 114 Å². The number of aliphatic hydroxyl groups excluding tert-OH is 1. The highest BCUT2D eigenvalue weighted by Crippen LogP contribution is 2.31. The smallest absolute Gasteiger partial charge is 0.0667 e. The van der Waals surface area contributed by atoms with Crippen molar-refractivity contribution in [3.05, 3.63) is 35.4 Å². The van der Waals surface area contributed by atoms with Crippen LogP contribution in [0.25, 0.3) is 0 Å². The number of hydrogen-bond donors (Lipinski definition) is 2. The van der Waals surface area contributed by atoms with Gasteiger partial charge in [-0.1, -0.05) is 38.1 Å². The Hall–Kier alpha value is -0.510. The van der Waals surface area contributed by atoms with Gasteiger partial charge in [-0.05, 0) is 23.5 Å². The van der Waals surface area contributed by atoms with Gasteiger partial charge in [-0.2, -0.15) is 11.8 Å². The van der Waals surface area contributed by atoms with Gasteiger partial charge in [-0.3, -0.25) is 0 Å². The van der Waals surface area contributed by atoms with Gasteiger partial charge in [-0.15, -0.1) is 0 Å². The summed E-state index contributed by atoms with van der Waals surface area (Å²) in [5.41, 5.74) is 2.84. The van der Waals surface area contributed by atoms with Gasteiger partial charge in [-0.25, -0.2) is 0 Å². The Bertz CT molecular complexity index is 381. The number of nitrogens with one attached hydrogen (secondary N) is 1. The van der Waals surface area contributed by atoms with E-state index in [9.17, 15) is 5.11 Å². The molecule has 0 bridgehead atoms. The van der Waals surface area contributed by atoms with Crippen molar-refractivity contribution in [2.45, 2.75) is 38.2 Å². The van der Waals surface area contributed by atoms with Crippen LogP contribution in [-0.2, 0) is 5.75 Å². The summed E-state index contributed by atoms with van der Waals surface area (Å²) in [6.45, 7) is 4.99. The van der Waals surface area contributed by atoms with E-state index in [4.69, 9.17) is 0 Å². The zero-order chi connectivity index (χ0) is 13.0. The minimum atomic E-state index is -0.232. The molecule has 1 aromatic rings. The fraction of sp³-hybridized carbons (Fsp3) is 0.600. The molecule has 3 heteroatoms. The molecule has 0 spiro atoms. The van der Waals surface area contributed by atoms with Crippen molar-refractivity contribution in [2.24, 2.45) is 5.92 Å². The number of fused-ring (bicyclic) bond motifs is 1. The van der Waals surface area contributed by atoms with Crippen LogP contribution in [0.4, 0.5) is 0 Å². The van der Waals surface area contributed by atoms with E-state index in [-0.39, 0.29) is 6.10 Å². The molecule has 0 amide bonds. The molecule has 2 atom stereocenters. The van der Waals surface area contributed by atoms with E-state index in [1.165, 1.54) is 11.1 Å². The van der Waals surface area contributed by atoms with Crippen LogP contribution < -0.4 is 5.32 Å². The summed E-state index contributed by atoms with van der Waals surface area (Å²) in [6.07, 6.45) is 0.637. The lowest BCUT2D eigenvalue weighted by Crippen LogP contribution is -2.33. The Morgan fingerprint density at radius 1 is 1.39 bits per heavy atom. The first-order valence-electron chi connectivity index (χ1n) is 6.74. The molecule has 2 N–H and O–H groups in total. The molecule has 2 unspecified atom stereocenters. The van der Waals surface area contributed by atoms with Crippen LogP contribution in [0.5, 0.6) is 0 Å². The molecule has 1 aliphatic rings. The minimum Gasteiger partial charge on any atom is -0.392 e. The SMILES string of the molecule is CC(C)CC(O)CNC1CSCc2ccccc21. The molecular weight excluding hydrogens is 242 g/mol. The van der Waals surface area contributed by atoms with Gasteiger partial charge in [0.25, 0.3) is 0 Å². The average Bonchev–Trinajstić information content (AvgIpc) is 2.35. The molecule has 0 saturated heterocycles. The van der Waals surface area contributed by atoms with Crippen molar-refractivity contribution in [3.63, 3.8) is 0 Å². The molecule has 0 radical (unpaired) electrons. The fourth-order valence-corrected chi connectivity index (χ4v) is 3.59. The first-order chi connectivity index (χ1) is 8.66. The lowest BCUT2D eigenvalue weighted by atomic mass is 10.0. The van der Waals surface area contributed by atoms with Gasteiger partial charge < -0.3 is 10.4 Å². The van der Waals surface area contributed by atoms with E-state index in [1.807, 2.05) is 11.8 Å². The standard InChI is InChI=1S/C15H23NOS/c1-11(2)7-13(17)8-16-15-10-18-9-12-5-3-4-6-14(12)15/h3-6,11,13,15-17H,7-10H2,1-2H3. The second-order valence-electron chi connectivity index (χ2n) is 5.46. The lowest BCUT2D eigenvalue weighted by molar-refractivity contribution is 0.143. The second kappa shape index (κ2) is 6.60. The monoisotopic (exact) mass is 265 g/mol. The van der Waals surface area contributed by atoms with Crippen LogP contribution in [0.2, 0.25) is 0 Å². The number of rotatable bonds is 5. The molecule has 18 heavy (non-hydrogen) atoms. The summed E-state index contributed by atoms with van der Waals surface area (Å²) in [6, 6.07) is 9.02. The maximum atomic E-state index is 9.93. The van der Waals surface area contributed by atoms with Crippen LogP contribution in [0.15, 0.2) is 24.3 Å². The molecule has 100 valence electrons. The van der Waals surface area contributed by atoms with Crippen molar-refractivity contribution < 1.29 is 5.11 Å². The van der Waals surface area contributed by atoms with Crippen LogP contribution in [0.1, 0.15) is 37.4 Å². The van der Waals surface area contributed by atoms with Gasteiger partial charge in [0, 0.05) is 24.1 Å². The van der Waals surface area contributed by atoms with Crippen molar-refractivity contribution in [1.29, 1.82) is 0 Å². The average molecular weight is 265 g/mol. The van der Waals surface area contributed by atoms with Crippen molar-refractivity contribution in [1.82, 2.24) is 5.32 Å². The maximum Gasteiger partial charge on any atom is 0.0667 e. The normalized spacial score (nSPS) is 20.8. The Balaban J connectivity index is 1.91. The minimum absolute atomic E-state index is 0.232. The Kier molecular flexibility index (Phi) is 5.10. The molecule has 2 nitrogen and oxygen atoms in total. The third-order valence-corrected chi connectivity index (χ3v) is 4.40. The molecule has 0 saturated carbocycles. The zero-order valence-corrected chi connectivity index (χ0v) is 12.0. The van der Waals surface area contributed by atoms with Gasteiger partial charge in [0.05, 0.1) is 6.10 Å². The third-order valence-electron chi connectivity index (χ3n) is 3.32. The quantitative estimate of drug-likeness (QED) is 0.858. The summed E-state index contributed by atoms with van der Waals surface area (Å²) in [5, 5.41) is 13.4. The van der Waals surface area contributed by atoms with Crippen LogP contribution in [-0.4, -0.2) is 23.5 Å². The number of benzene rings is 1. The Morgan fingerprint density at radius 2 is 2.17 bits per heavy atom. The van der Waals surface area contributed by atoms with Crippen LogP contribution in [0, 0.1) is 5.92 Å². The molecule has 0 aromatic heterocycles. The number of aliphatic hydroxyl groups is 1. The van der Waals surface area contributed by atoms with E-state index < -0.39 is 0 Å². The third kappa shape index (κ3) is 3.74. The summed E-state index contributed by atoms with van der Waals surface area (Å²) in [5.74, 6) is 2.77. The predicted molar refractivity (Wildman–Crippen MR) is 78.8 cm³/mol. The first kappa shape index (κ1) is 13.9. The zero-order valence-electron chi connectivity index (χ0n) is 11.2. The van der Waals surface area contributed by atoms with Gasteiger partial charge in [0.1, 0.15) is 0 Å². The summed E-state index contributed by atoms with van der Waals surface area (Å²) >= 11 is 1.97. The van der Waals surface area contributed by atoms with Crippen molar-refractivity contribution >= 4 is 11.8 Å². The summed E-state index contributed by atoms with van der Waals surface area (Å²) < 4.78 is 0. The molecule has 1 heterocycles. The largest absolute Gasteiger partial charge is 0.392 e. The van der Waals surface area contributed by atoms with Crippen LogP contribution in [0.3, 0.4) is 0 Å². The maximum absolute atomic E-state index is 9.93. The lowest BCUT2D eigenvalue weighted by Gasteiger charge is -2.27. The van der Waals surface area contributed by atoms with E-state index in [0.29, 0.717) is 18.5 Å². The molecule has 0 aliphatic carbocycles. The topological polar surface area (TPSA) is 32.3 Å². The molecule has 1 aliphatic heterocycles. The van der Waals surface area contributed by atoms with Gasteiger partial charge in [0.15, 0.2) is 0 Å². The highest BCUT2D eigenvalue weighted by molar-refractivity contribution is 7.98. The summed E-state index contributed by atoms with van der Waals surface area (Å²) in [4.78, 5) is 0. The summed E-state index contributed by atoms with van der Waals surface area (Å²) in [7, 11) is 0.